The molecule has 0 radical (unpaired) electrons. The van der Waals surface area contributed by atoms with Gasteiger partial charge in [-0.15, -0.1) is 5.23 Å². The number of ether oxygens (including phenoxy) is 1. The molecule has 0 amide bonds. The lowest BCUT2D eigenvalue weighted by molar-refractivity contribution is -0.0473. The molecular weight excluding hydrogens is 256 g/mol. The van der Waals surface area contributed by atoms with E-state index in [9.17, 15) is 5.21 Å². The van der Waals surface area contributed by atoms with Gasteiger partial charge in [0.05, 0.1) is 23.9 Å². The summed E-state index contributed by atoms with van der Waals surface area (Å²) in [5, 5.41) is 19.2. The van der Waals surface area contributed by atoms with Crippen molar-refractivity contribution in [3.05, 3.63) is 53.6 Å². The van der Waals surface area contributed by atoms with Crippen molar-refractivity contribution in [2.75, 3.05) is 11.8 Å². The summed E-state index contributed by atoms with van der Waals surface area (Å²) in [5.41, 5.74) is 2.12. The summed E-state index contributed by atoms with van der Waals surface area (Å²) in [5.74, 6) is 1.27. The highest BCUT2D eigenvalue weighted by atomic mass is 16.9. The van der Waals surface area contributed by atoms with Crippen molar-refractivity contribution in [3.63, 3.8) is 0 Å². The third-order valence-electron chi connectivity index (χ3n) is 3.04. The maximum absolute atomic E-state index is 9.54. The Hall–Kier alpha value is -2.55. The Kier molecular flexibility index (Phi) is 3.25. The number of nitriles is 1. The second-order valence-corrected chi connectivity index (χ2v) is 4.39. The van der Waals surface area contributed by atoms with Gasteiger partial charge in [-0.05, 0) is 42.0 Å². The quantitative estimate of drug-likeness (QED) is 0.906. The molecule has 5 heteroatoms. The van der Waals surface area contributed by atoms with E-state index in [2.05, 4.69) is 6.07 Å². The second-order valence-electron chi connectivity index (χ2n) is 4.39. The fourth-order valence-electron chi connectivity index (χ4n) is 2.09. The van der Waals surface area contributed by atoms with Crippen LogP contribution in [0.2, 0.25) is 0 Å². The molecule has 1 heterocycles. The molecule has 3 rings (SSSR count). The molecule has 1 aliphatic heterocycles. The minimum Gasteiger partial charge on any atom is -0.457 e. The van der Waals surface area contributed by atoms with E-state index in [4.69, 9.17) is 14.8 Å². The van der Waals surface area contributed by atoms with E-state index >= 15 is 0 Å². The summed E-state index contributed by atoms with van der Waals surface area (Å²) in [6, 6.07) is 14.4. The van der Waals surface area contributed by atoms with Crippen LogP contribution in [0.4, 0.5) is 5.69 Å². The molecule has 100 valence electrons. The Balaban J connectivity index is 1.86. The first-order valence-corrected chi connectivity index (χ1v) is 6.19. The van der Waals surface area contributed by atoms with Crippen molar-refractivity contribution in [2.45, 2.75) is 6.42 Å². The number of hydrogen-bond donors (Lipinski definition) is 1. The van der Waals surface area contributed by atoms with Crippen LogP contribution in [0.5, 0.6) is 11.5 Å². The highest BCUT2D eigenvalue weighted by Gasteiger charge is 2.16. The normalized spacial score (nSPS) is 13.5. The molecule has 5 nitrogen and oxygen atoms in total. The zero-order valence-electron chi connectivity index (χ0n) is 10.6. The molecule has 0 fully saturated rings. The van der Waals surface area contributed by atoms with Gasteiger partial charge in [-0.1, -0.05) is 6.07 Å². The summed E-state index contributed by atoms with van der Waals surface area (Å²) in [4.78, 5) is 5.00. The average Bonchev–Trinajstić information content (AvgIpc) is 2.47. The molecular formula is C15H12N2O3. The SMILES string of the molecule is N#Cc1cccc(Oc2ccc3c(c2)CCON3O)c1. The Morgan fingerprint density at radius 1 is 1.20 bits per heavy atom. The third kappa shape index (κ3) is 2.43. The summed E-state index contributed by atoms with van der Waals surface area (Å²) in [6.07, 6.45) is 0.710. The highest BCUT2D eigenvalue weighted by molar-refractivity contribution is 5.55. The van der Waals surface area contributed by atoms with Gasteiger partial charge < -0.3 is 4.74 Å². The monoisotopic (exact) mass is 268 g/mol. The number of benzene rings is 2. The van der Waals surface area contributed by atoms with E-state index in [0.717, 1.165) is 10.8 Å². The second kappa shape index (κ2) is 5.21. The minimum absolute atomic E-state index is 0.427. The van der Waals surface area contributed by atoms with Crippen LogP contribution in [0, 0.1) is 11.3 Å². The topological polar surface area (TPSA) is 65.7 Å². The van der Waals surface area contributed by atoms with Crippen LogP contribution in [0.15, 0.2) is 42.5 Å². The molecule has 1 N–H and O–H groups in total. The summed E-state index contributed by atoms with van der Waals surface area (Å²) >= 11 is 0. The van der Waals surface area contributed by atoms with Crippen molar-refractivity contribution >= 4 is 5.69 Å². The number of anilines is 1. The standard InChI is InChI=1S/C15H12N2O3/c16-10-11-2-1-3-13(8-11)20-14-4-5-15-12(9-14)6-7-19-17(15)18/h1-5,8-9,18H,6-7H2. The average molecular weight is 268 g/mol. The lowest BCUT2D eigenvalue weighted by Crippen LogP contribution is -2.26. The summed E-state index contributed by atoms with van der Waals surface area (Å²) in [6.45, 7) is 0.427. The molecule has 0 saturated heterocycles. The molecule has 20 heavy (non-hydrogen) atoms. The largest absolute Gasteiger partial charge is 0.457 e. The number of hydrogen-bond acceptors (Lipinski definition) is 5. The Bertz CT molecular complexity index is 679. The number of fused-ring (bicyclic) bond motifs is 1. The van der Waals surface area contributed by atoms with Gasteiger partial charge in [0.15, 0.2) is 0 Å². The van der Waals surface area contributed by atoms with E-state index in [1.165, 1.54) is 0 Å². The molecule has 0 unspecified atom stereocenters. The van der Waals surface area contributed by atoms with Gasteiger partial charge in [0.1, 0.15) is 11.5 Å². The van der Waals surface area contributed by atoms with Crippen LogP contribution in [0.25, 0.3) is 0 Å². The van der Waals surface area contributed by atoms with E-state index in [0.29, 0.717) is 35.8 Å². The molecule has 0 bridgehead atoms. The zero-order valence-corrected chi connectivity index (χ0v) is 10.6. The van der Waals surface area contributed by atoms with Gasteiger partial charge >= 0.3 is 0 Å². The first-order chi connectivity index (χ1) is 9.76. The molecule has 0 aromatic heterocycles. The Labute approximate surface area is 116 Å². The fraction of sp³-hybridized carbons (Fsp3) is 0.133. The minimum atomic E-state index is 0.427. The van der Waals surface area contributed by atoms with Crippen LogP contribution in [0.3, 0.4) is 0 Å². The van der Waals surface area contributed by atoms with E-state index in [1.807, 2.05) is 6.07 Å². The molecule has 0 atom stereocenters. The Morgan fingerprint density at radius 2 is 2.05 bits per heavy atom. The fourth-order valence-corrected chi connectivity index (χ4v) is 2.09. The predicted molar refractivity (Wildman–Crippen MR) is 71.6 cm³/mol. The lowest BCUT2D eigenvalue weighted by atomic mass is 10.1. The third-order valence-corrected chi connectivity index (χ3v) is 3.04. The van der Waals surface area contributed by atoms with Gasteiger partial charge in [-0.2, -0.15) is 5.26 Å². The van der Waals surface area contributed by atoms with Crippen LogP contribution < -0.4 is 9.96 Å². The van der Waals surface area contributed by atoms with Crippen LogP contribution >= 0.6 is 0 Å². The smallest absolute Gasteiger partial charge is 0.128 e. The summed E-state index contributed by atoms with van der Waals surface area (Å²) < 4.78 is 5.73. The van der Waals surface area contributed by atoms with Gasteiger partial charge in [0.2, 0.25) is 0 Å². The molecule has 0 spiro atoms. The number of nitrogens with zero attached hydrogens (tertiary/aromatic N) is 2. The van der Waals surface area contributed by atoms with Gasteiger partial charge in [0, 0.05) is 6.42 Å². The maximum atomic E-state index is 9.54. The molecule has 0 aliphatic carbocycles. The van der Waals surface area contributed by atoms with Crippen molar-refractivity contribution < 1.29 is 14.8 Å². The molecule has 2 aromatic rings. The van der Waals surface area contributed by atoms with E-state index in [-0.39, 0.29) is 0 Å². The molecule has 0 saturated carbocycles. The van der Waals surface area contributed by atoms with Gasteiger partial charge in [0.25, 0.3) is 0 Å². The molecule has 2 aromatic carbocycles. The van der Waals surface area contributed by atoms with Crippen LogP contribution in [0.1, 0.15) is 11.1 Å². The van der Waals surface area contributed by atoms with E-state index in [1.54, 1.807) is 36.4 Å². The first kappa shape index (κ1) is 12.5. The van der Waals surface area contributed by atoms with Crippen molar-refractivity contribution in [2.24, 2.45) is 0 Å². The number of rotatable bonds is 2. The Morgan fingerprint density at radius 3 is 2.90 bits per heavy atom. The van der Waals surface area contributed by atoms with Crippen LogP contribution in [-0.2, 0) is 11.3 Å². The van der Waals surface area contributed by atoms with Gasteiger partial charge in [-0.25, -0.2) is 4.84 Å². The summed E-state index contributed by atoms with van der Waals surface area (Å²) in [7, 11) is 0. The van der Waals surface area contributed by atoms with Gasteiger partial charge in [-0.3, -0.25) is 5.21 Å². The van der Waals surface area contributed by atoms with Crippen LogP contribution in [-0.4, -0.2) is 11.8 Å². The highest BCUT2D eigenvalue weighted by Crippen LogP contribution is 2.30. The lowest BCUT2D eigenvalue weighted by Gasteiger charge is -2.24. The first-order valence-electron chi connectivity index (χ1n) is 6.19. The van der Waals surface area contributed by atoms with Crippen molar-refractivity contribution in [1.29, 1.82) is 5.26 Å². The zero-order chi connectivity index (χ0) is 13.9. The predicted octanol–water partition coefficient (Wildman–Crippen LogP) is 3.03. The molecule has 1 aliphatic rings. The van der Waals surface area contributed by atoms with Crippen molar-refractivity contribution in [1.82, 2.24) is 0 Å². The maximum Gasteiger partial charge on any atom is 0.128 e. The van der Waals surface area contributed by atoms with Crippen molar-refractivity contribution in [3.8, 4) is 17.6 Å². The van der Waals surface area contributed by atoms with E-state index < -0.39 is 0 Å².